The molecule has 1 unspecified atom stereocenters. The van der Waals surface area contributed by atoms with E-state index in [4.69, 9.17) is 9.47 Å². The van der Waals surface area contributed by atoms with E-state index >= 15 is 0 Å². The molecule has 2 aromatic carbocycles. The second-order valence-electron chi connectivity index (χ2n) is 7.25. The molecule has 0 aromatic heterocycles. The first-order valence-electron chi connectivity index (χ1n) is 8.64. The zero-order valence-corrected chi connectivity index (χ0v) is 16.3. The lowest BCUT2D eigenvalue weighted by molar-refractivity contribution is -0.116. The summed E-state index contributed by atoms with van der Waals surface area (Å²) in [7, 11) is 3.22. The maximum absolute atomic E-state index is 12.5. The second-order valence-corrected chi connectivity index (χ2v) is 7.25. The number of anilines is 2. The van der Waals surface area contributed by atoms with Crippen LogP contribution in [0.15, 0.2) is 42.5 Å². The third-order valence-corrected chi connectivity index (χ3v) is 4.17. The van der Waals surface area contributed by atoms with Gasteiger partial charge < -0.3 is 20.1 Å². The van der Waals surface area contributed by atoms with Crippen LogP contribution in [0, 0.1) is 0 Å². The molecule has 5 nitrogen and oxygen atoms in total. The molecule has 2 rings (SSSR count). The fourth-order valence-corrected chi connectivity index (χ4v) is 2.54. The van der Waals surface area contributed by atoms with Crippen LogP contribution in [0.1, 0.15) is 33.3 Å². The molecule has 0 saturated heterocycles. The maximum Gasteiger partial charge on any atom is 0.246 e. The Morgan fingerprint density at radius 1 is 1.04 bits per heavy atom. The molecule has 1 atom stereocenters. The van der Waals surface area contributed by atoms with Gasteiger partial charge >= 0.3 is 0 Å². The molecule has 0 fully saturated rings. The lowest BCUT2D eigenvalue weighted by Gasteiger charge is -2.23. The molecule has 0 aliphatic carbocycles. The number of rotatable bonds is 6. The summed E-state index contributed by atoms with van der Waals surface area (Å²) < 4.78 is 10.6. The van der Waals surface area contributed by atoms with Crippen molar-refractivity contribution < 1.29 is 14.3 Å². The van der Waals surface area contributed by atoms with Crippen LogP contribution in [-0.2, 0) is 10.2 Å². The molecular formula is C21H28N2O3. The summed E-state index contributed by atoms with van der Waals surface area (Å²) >= 11 is 0. The first-order chi connectivity index (χ1) is 12.2. The van der Waals surface area contributed by atoms with E-state index in [1.807, 2.05) is 43.3 Å². The summed E-state index contributed by atoms with van der Waals surface area (Å²) in [4.78, 5) is 12.5. The molecule has 1 amide bonds. The molecule has 140 valence electrons. The van der Waals surface area contributed by atoms with Gasteiger partial charge in [0.25, 0.3) is 0 Å². The molecule has 0 heterocycles. The maximum atomic E-state index is 12.5. The van der Waals surface area contributed by atoms with Crippen molar-refractivity contribution in [2.45, 2.75) is 39.2 Å². The average Bonchev–Trinajstić information content (AvgIpc) is 2.61. The number of methoxy groups -OCH3 is 2. The van der Waals surface area contributed by atoms with Crippen LogP contribution < -0.4 is 20.1 Å². The summed E-state index contributed by atoms with van der Waals surface area (Å²) in [5.74, 6) is 1.27. The van der Waals surface area contributed by atoms with E-state index in [1.54, 1.807) is 20.3 Å². The molecule has 0 aliphatic rings. The summed E-state index contributed by atoms with van der Waals surface area (Å²) in [5.41, 5.74) is 2.67. The van der Waals surface area contributed by atoms with E-state index in [-0.39, 0.29) is 11.3 Å². The van der Waals surface area contributed by atoms with Gasteiger partial charge in [0.1, 0.15) is 17.5 Å². The molecule has 2 N–H and O–H groups in total. The van der Waals surface area contributed by atoms with Gasteiger partial charge in [-0.2, -0.15) is 0 Å². The summed E-state index contributed by atoms with van der Waals surface area (Å²) in [6.45, 7) is 8.27. The van der Waals surface area contributed by atoms with E-state index in [9.17, 15) is 4.79 Å². The zero-order chi connectivity index (χ0) is 19.3. The molecule has 0 saturated carbocycles. The molecule has 2 aromatic rings. The van der Waals surface area contributed by atoms with E-state index in [0.717, 1.165) is 5.69 Å². The molecule has 5 heteroatoms. The van der Waals surface area contributed by atoms with Crippen molar-refractivity contribution >= 4 is 17.3 Å². The average molecular weight is 356 g/mol. The Kier molecular flexibility index (Phi) is 6.14. The van der Waals surface area contributed by atoms with Crippen LogP contribution in [0.25, 0.3) is 0 Å². The molecule has 0 spiro atoms. The zero-order valence-electron chi connectivity index (χ0n) is 16.3. The summed E-state index contributed by atoms with van der Waals surface area (Å²) in [6, 6.07) is 12.8. The Bertz CT molecular complexity index is 766. The largest absolute Gasteiger partial charge is 0.497 e. The highest BCUT2D eigenvalue weighted by Crippen LogP contribution is 2.32. The fraction of sp³-hybridized carbons (Fsp3) is 0.381. The molecule has 0 aliphatic heterocycles. The number of nitrogens with one attached hydrogen (secondary N) is 2. The van der Waals surface area contributed by atoms with Gasteiger partial charge in [-0.1, -0.05) is 32.9 Å². The van der Waals surface area contributed by atoms with E-state index in [1.165, 1.54) is 5.56 Å². The van der Waals surface area contributed by atoms with E-state index < -0.39 is 6.04 Å². The third-order valence-electron chi connectivity index (χ3n) is 4.17. The van der Waals surface area contributed by atoms with Gasteiger partial charge in [-0.3, -0.25) is 4.79 Å². The Labute approximate surface area is 155 Å². The number of ether oxygens (including phenoxy) is 2. The van der Waals surface area contributed by atoms with Gasteiger partial charge in [0.2, 0.25) is 5.91 Å². The van der Waals surface area contributed by atoms with Crippen molar-refractivity contribution in [1.82, 2.24) is 0 Å². The van der Waals surface area contributed by atoms with Gasteiger partial charge in [0, 0.05) is 11.8 Å². The van der Waals surface area contributed by atoms with Crippen molar-refractivity contribution in [1.29, 1.82) is 0 Å². The van der Waals surface area contributed by atoms with Gasteiger partial charge in [-0.05, 0) is 42.2 Å². The second kappa shape index (κ2) is 8.13. The van der Waals surface area contributed by atoms with Crippen molar-refractivity contribution in [3.8, 4) is 11.5 Å². The number of carbonyl (C=O) groups is 1. The number of hydrogen-bond donors (Lipinski definition) is 2. The Morgan fingerprint density at radius 2 is 1.77 bits per heavy atom. The van der Waals surface area contributed by atoms with Crippen LogP contribution in [0.2, 0.25) is 0 Å². The topological polar surface area (TPSA) is 59.6 Å². The van der Waals surface area contributed by atoms with Gasteiger partial charge in [0.15, 0.2) is 0 Å². The highest BCUT2D eigenvalue weighted by molar-refractivity contribution is 5.96. The van der Waals surface area contributed by atoms with Crippen LogP contribution in [-0.4, -0.2) is 26.2 Å². The first-order valence-corrected chi connectivity index (χ1v) is 8.64. The molecule has 26 heavy (non-hydrogen) atoms. The minimum Gasteiger partial charge on any atom is -0.497 e. The Balaban J connectivity index is 2.15. The van der Waals surface area contributed by atoms with Crippen LogP contribution in [0.5, 0.6) is 11.5 Å². The van der Waals surface area contributed by atoms with Gasteiger partial charge in [-0.15, -0.1) is 0 Å². The lowest BCUT2D eigenvalue weighted by atomic mass is 9.86. The standard InChI is InChI=1S/C21H28N2O3/c1-14(20(24)23-16-8-7-9-17(13-16)25-5)22-18-12-15(21(2,3)4)10-11-19(18)26-6/h7-14,22H,1-6H3,(H,23,24). The highest BCUT2D eigenvalue weighted by atomic mass is 16.5. The summed E-state index contributed by atoms with van der Waals surface area (Å²) in [6.07, 6.45) is 0. The number of amides is 1. The molecular weight excluding hydrogens is 328 g/mol. The SMILES string of the molecule is COc1cccc(NC(=O)C(C)Nc2cc(C(C)(C)C)ccc2OC)c1. The van der Waals surface area contributed by atoms with Gasteiger partial charge in [-0.25, -0.2) is 0 Å². The highest BCUT2D eigenvalue weighted by Gasteiger charge is 2.19. The Morgan fingerprint density at radius 3 is 2.38 bits per heavy atom. The predicted molar refractivity (Wildman–Crippen MR) is 106 cm³/mol. The van der Waals surface area contributed by atoms with Crippen molar-refractivity contribution in [2.24, 2.45) is 0 Å². The summed E-state index contributed by atoms with van der Waals surface area (Å²) in [5, 5.41) is 6.15. The number of benzene rings is 2. The van der Waals surface area contributed by atoms with E-state index in [2.05, 4.69) is 31.4 Å². The lowest BCUT2D eigenvalue weighted by Crippen LogP contribution is -2.32. The smallest absolute Gasteiger partial charge is 0.246 e. The minimum absolute atomic E-state index is 0.00872. The monoisotopic (exact) mass is 356 g/mol. The Hall–Kier alpha value is -2.69. The molecule has 0 radical (unpaired) electrons. The quantitative estimate of drug-likeness (QED) is 0.803. The van der Waals surface area contributed by atoms with Crippen molar-refractivity contribution in [3.63, 3.8) is 0 Å². The molecule has 0 bridgehead atoms. The minimum atomic E-state index is -0.440. The van der Waals surface area contributed by atoms with Crippen LogP contribution in [0.4, 0.5) is 11.4 Å². The first kappa shape index (κ1) is 19.6. The normalized spacial score (nSPS) is 12.2. The predicted octanol–water partition coefficient (Wildman–Crippen LogP) is 4.44. The van der Waals surface area contributed by atoms with Crippen LogP contribution in [0.3, 0.4) is 0 Å². The number of hydrogen-bond acceptors (Lipinski definition) is 4. The van der Waals surface area contributed by atoms with Crippen molar-refractivity contribution in [3.05, 3.63) is 48.0 Å². The third kappa shape index (κ3) is 4.91. The van der Waals surface area contributed by atoms with E-state index in [0.29, 0.717) is 17.2 Å². The number of carbonyl (C=O) groups excluding carboxylic acids is 1. The fourth-order valence-electron chi connectivity index (χ4n) is 2.54. The van der Waals surface area contributed by atoms with Crippen molar-refractivity contribution in [2.75, 3.05) is 24.9 Å². The van der Waals surface area contributed by atoms with Crippen LogP contribution >= 0.6 is 0 Å². The van der Waals surface area contributed by atoms with Gasteiger partial charge in [0.05, 0.1) is 19.9 Å².